The van der Waals surface area contributed by atoms with Gasteiger partial charge in [0.2, 0.25) is 5.91 Å². The van der Waals surface area contributed by atoms with Gasteiger partial charge in [-0.15, -0.1) is 0 Å². The maximum Gasteiger partial charge on any atom is 0.239 e. The second-order valence-corrected chi connectivity index (χ2v) is 6.53. The Morgan fingerprint density at radius 1 is 1.10 bits per heavy atom. The molecule has 2 aliphatic heterocycles. The van der Waals surface area contributed by atoms with E-state index in [2.05, 4.69) is 26.9 Å². The Balaban J connectivity index is 1.45. The number of carbonyl (C=O) groups is 1. The number of rotatable bonds is 4. The van der Waals surface area contributed by atoms with E-state index in [1.807, 2.05) is 0 Å². The third-order valence-electron chi connectivity index (χ3n) is 4.95. The van der Waals surface area contributed by atoms with E-state index < -0.39 is 0 Å². The molecular formula is C15H28N4O. The second kappa shape index (κ2) is 6.41. The lowest BCUT2D eigenvalue weighted by Gasteiger charge is -2.39. The van der Waals surface area contributed by atoms with Crippen molar-refractivity contribution >= 4 is 5.91 Å². The predicted molar refractivity (Wildman–Crippen MR) is 79.6 cm³/mol. The molecule has 0 radical (unpaired) electrons. The van der Waals surface area contributed by atoms with Crippen molar-refractivity contribution in [2.45, 2.75) is 25.8 Å². The Morgan fingerprint density at radius 2 is 1.75 bits per heavy atom. The second-order valence-electron chi connectivity index (χ2n) is 6.53. The summed E-state index contributed by atoms with van der Waals surface area (Å²) in [7, 11) is 0. The van der Waals surface area contributed by atoms with Crippen molar-refractivity contribution in [1.29, 1.82) is 0 Å². The first-order valence-corrected chi connectivity index (χ1v) is 8.20. The van der Waals surface area contributed by atoms with Crippen molar-refractivity contribution in [3.8, 4) is 0 Å². The Hall–Kier alpha value is -0.650. The van der Waals surface area contributed by atoms with Gasteiger partial charge in [0.1, 0.15) is 0 Å². The van der Waals surface area contributed by atoms with Gasteiger partial charge in [-0.1, -0.05) is 0 Å². The number of carbonyl (C=O) groups excluding carboxylic acids is 1. The maximum atomic E-state index is 12.6. The minimum atomic E-state index is 0.0482. The number of nitrogens with zero attached hydrogens (tertiary/aromatic N) is 3. The van der Waals surface area contributed by atoms with Gasteiger partial charge < -0.3 is 10.2 Å². The molecule has 3 aliphatic rings. The van der Waals surface area contributed by atoms with Crippen LogP contribution in [0, 0.1) is 5.92 Å². The number of nitrogens with one attached hydrogen (secondary N) is 1. The SMILES string of the molecule is CC(C(=O)N1CCN(CC2CC2)CC1)N1CCNCC1. The van der Waals surface area contributed by atoms with Gasteiger partial charge in [-0.3, -0.25) is 14.6 Å². The van der Waals surface area contributed by atoms with Gasteiger partial charge in [0.15, 0.2) is 0 Å². The summed E-state index contributed by atoms with van der Waals surface area (Å²) in [5.74, 6) is 1.29. The molecule has 0 aromatic rings. The van der Waals surface area contributed by atoms with Gasteiger partial charge in [-0.05, 0) is 25.7 Å². The highest BCUT2D eigenvalue weighted by Crippen LogP contribution is 2.29. The summed E-state index contributed by atoms with van der Waals surface area (Å²) in [4.78, 5) is 19.5. The predicted octanol–water partition coefficient (Wildman–Crippen LogP) is -0.166. The fourth-order valence-electron chi connectivity index (χ4n) is 3.31. The number of hydrogen-bond donors (Lipinski definition) is 1. The Kier molecular flexibility index (Phi) is 4.58. The third kappa shape index (κ3) is 3.51. The summed E-state index contributed by atoms with van der Waals surface area (Å²) in [5, 5.41) is 3.34. The molecular weight excluding hydrogens is 252 g/mol. The van der Waals surface area contributed by atoms with E-state index in [0.29, 0.717) is 5.91 Å². The Labute approximate surface area is 122 Å². The molecule has 0 aromatic heterocycles. The van der Waals surface area contributed by atoms with E-state index >= 15 is 0 Å². The van der Waals surface area contributed by atoms with Crippen LogP contribution in [-0.2, 0) is 4.79 Å². The summed E-state index contributed by atoms with van der Waals surface area (Å²) < 4.78 is 0. The van der Waals surface area contributed by atoms with Crippen LogP contribution in [0.25, 0.3) is 0 Å². The van der Waals surface area contributed by atoms with Crippen LogP contribution in [0.15, 0.2) is 0 Å². The smallest absolute Gasteiger partial charge is 0.239 e. The molecule has 20 heavy (non-hydrogen) atoms. The van der Waals surface area contributed by atoms with Crippen molar-refractivity contribution in [1.82, 2.24) is 20.0 Å². The largest absolute Gasteiger partial charge is 0.339 e. The molecule has 2 heterocycles. The maximum absolute atomic E-state index is 12.6. The van der Waals surface area contributed by atoms with Crippen LogP contribution in [0.5, 0.6) is 0 Å². The molecule has 1 atom stereocenters. The minimum absolute atomic E-state index is 0.0482. The molecule has 3 fully saturated rings. The van der Waals surface area contributed by atoms with Crippen LogP contribution in [0.2, 0.25) is 0 Å². The molecule has 2 saturated heterocycles. The number of hydrogen-bond acceptors (Lipinski definition) is 4. The summed E-state index contributed by atoms with van der Waals surface area (Å²) in [5.41, 5.74) is 0. The van der Waals surface area contributed by atoms with Crippen LogP contribution in [0.1, 0.15) is 19.8 Å². The molecule has 1 unspecified atom stereocenters. The highest BCUT2D eigenvalue weighted by molar-refractivity contribution is 5.81. The first-order chi connectivity index (χ1) is 9.74. The average Bonchev–Trinajstić information content (AvgIpc) is 3.31. The fraction of sp³-hybridized carbons (Fsp3) is 0.933. The van der Waals surface area contributed by atoms with Crippen LogP contribution < -0.4 is 5.32 Å². The monoisotopic (exact) mass is 280 g/mol. The van der Waals surface area contributed by atoms with Crippen molar-refractivity contribution in [3.63, 3.8) is 0 Å². The van der Waals surface area contributed by atoms with Crippen LogP contribution >= 0.6 is 0 Å². The Morgan fingerprint density at radius 3 is 2.35 bits per heavy atom. The summed E-state index contributed by atoms with van der Waals surface area (Å²) in [6.07, 6.45) is 2.83. The highest BCUT2D eigenvalue weighted by atomic mass is 16.2. The highest BCUT2D eigenvalue weighted by Gasteiger charge is 2.31. The van der Waals surface area contributed by atoms with Crippen LogP contribution in [0.4, 0.5) is 0 Å². The zero-order chi connectivity index (χ0) is 13.9. The van der Waals surface area contributed by atoms with E-state index in [-0.39, 0.29) is 6.04 Å². The summed E-state index contributed by atoms with van der Waals surface area (Å²) >= 11 is 0. The molecule has 114 valence electrons. The molecule has 0 spiro atoms. The summed E-state index contributed by atoms with van der Waals surface area (Å²) in [6.45, 7) is 11.3. The van der Waals surface area contributed by atoms with Gasteiger partial charge in [0, 0.05) is 58.9 Å². The zero-order valence-electron chi connectivity index (χ0n) is 12.7. The van der Waals surface area contributed by atoms with E-state index in [0.717, 1.165) is 58.3 Å². The Bertz CT molecular complexity index is 331. The van der Waals surface area contributed by atoms with Crippen molar-refractivity contribution < 1.29 is 4.79 Å². The molecule has 0 aromatic carbocycles. The number of piperazine rings is 2. The quantitative estimate of drug-likeness (QED) is 0.776. The molecule has 5 nitrogen and oxygen atoms in total. The van der Waals surface area contributed by atoms with Crippen molar-refractivity contribution in [3.05, 3.63) is 0 Å². The van der Waals surface area contributed by atoms with Gasteiger partial charge >= 0.3 is 0 Å². The lowest BCUT2D eigenvalue weighted by atomic mass is 10.2. The zero-order valence-corrected chi connectivity index (χ0v) is 12.7. The van der Waals surface area contributed by atoms with E-state index in [1.165, 1.54) is 19.4 Å². The minimum Gasteiger partial charge on any atom is -0.339 e. The van der Waals surface area contributed by atoms with Crippen molar-refractivity contribution in [2.24, 2.45) is 5.92 Å². The lowest BCUT2D eigenvalue weighted by molar-refractivity contribution is -0.138. The van der Waals surface area contributed by atoms with E-state index in [4.69, 9.17) is 0 Å². The van der Waals surface area contributed by atoms with E-state index in [1.54, 1.807) is 0 Å². The van der Waals surface area contributed by atoms with Gasteiger partial charge in [-0.2, -0.15) is 0 Å². The topological polar surface area (TPSA) is 38.8 Å². The standard InChI is InChI=1S/C15H28N4O/c1-13(18-6-4-16-5-7-18)15(20)19-10-8-17(9-11-19)12-14-2-3-14/h13-14,16H,2-12H2,1H3. The molecule has 1 saturated carbocycles. The normalized spacial score (nSPS) is 27.6. The summed E-state index contributed by atoms with van der Waals surface area (Å²) in [6, 6.07) is 0.0482. The molecule has 0 bridgehead atoms. The molecule has 3 rings (SSSR count). The molecule has 1 amide bonds. The van der Waals surface area contributed by atoms with Gasteiger partial charge in [-0.25, -0.2) is 0 Å². The molecule has 1 aliphatic carbocycles. The first-order valence-electron chi connectivity index (χ1n) is 8.20. The van der Waals surface area contributed by atoms with Crippen LogP contribution in [0.3, 0.4) is 0 Å². The van der Waals surface area contributed by atoms with E-state index in [9.17, 15) is 4.79 Å². The fourth-order valence-corrected chi connectivity index (χ4v) is 3.31. The third-order valence-corrected chi connectivity index (χ3v) is 4.95. The average molecular weight is 280 g/mol. The number of amides is 1. The first kappa shape index (κ1) is 14.3. The van der Waals surface area contributed by atoms with Crippen LogP contribution in [-0.4, -0.2) is 85.6 Å². The lowest BCUT2D eigenvalue weighted by Crippen LogP contribution is -2.57. The molecule has 5 heteroatoms. The molecule has 1 N–H and O–H groups in total. The van der Waals surface area contributed by atoms with Gasteiger partial charge in [0.05, 0.1) is 6.04 Å². The van der Waals surface area contributed by atoms with Crippen molar-refractivity contribution in [2.75, 3.05) is 58.9 Å². The van der Waals surface area contributed by atoms with Gasteiger partial charge in [0.25, 0.3) is 0 Å².